The van der Waals surface area contributed by atoms with E-state index in [-0.39, 0.29) is 6.15 Å². The van der Waals surface area contributed by atoms with Crippen LogP contribution in [-0.4, -0.2) is 11.1 Å². The van der Waals surface area contributed by atoms with Gasteiger partial charge in [0.2, 0.25) is 0 Å². The molecule has 0 aromatic carbocycles. The third kappa shape index (κ3) is 10.9. The standard InChI is InChI=1S/C3H4O2.N/c1-2-3(4)5;/h2H,1H2,(H,4,5);. The quantitative estimate of drug-likeness (QED) is 0.448. The summed E-state index contributed by atoms with van der Waals surface area (Å²) < 4.78 is 0. The van der Waals surface area contributed by atoms with E-state index >= 15 is 0 Å². The van der Waals surface area contributed by atoms with Crippen molar-refractivity contribution in [2.75, 3.05) is 0 Å². The summed E-state index contributed by atoms with van der Waals surface area (Å²) in [6.07, 6.45) is 0.833. The van der Waals surface area contributed by atoms with Gasteiger partial charge < -0.3 is 5.11 Å². The molecule has 3 heteroatoms. The fraction of sp³-hybridized carbons (Fsp3) is 0. The van der Waals surface area contributed by atoms with Crippen LogP contribution >= 0.6 is 0 Å². The summed E-state index contributed by atoms with van der Waals surface area (Å²) in [7, 11) is 0. The highest BCUT2D eigenvalue weighted by Gasteiger charge is 1.73. The van der Waals surface area contributed by atoms with Crippen LogP contribution in [0.2, 0.25) is 0 Å². The Morgan fingerprint density at radius 1 is 1.83 bits per heavy atom. The molecule has 0 heterocycles. The fourth-order valence-corrected chi connectivity index (χ4v) is 0. The lowest BCUT2D eigenvalue weighted by atomic mass is 10.7. The predicted molar refractivity (Wildman–Crippen MR) is 20.0 cm³/mol. The molecule has 0 spiro atoms. The molecular weight excluding hydrogens is 82.0 g/mol. The first-order valence-electron chi connectivity index (χ1n) is 1.12. The zero-order chi connectivity index (χ0) is 4.28. The lowest BCUT2D eigenvalue weighted by molar-refractivity contribution is -0.131. The molecule has 0 aliphatic carbocycles. The van der Waals surface area contributed by atoms with Crippen LogP contribution in [0.4, 0.5) is 0 Å². The monoisotopic (exact) mass is 86.0 g/mol. The molecule has 0 atom stereocenters. The predicted octanol–water partition coefficient (Wildman–Crippen LogP) is -0.224. The van der Waals surface area contributed by atoms with Gasteiger partial charge in [0, 0.05) is 12.2 Å². The summed E-state index contributed by atoms with van der Waals surface area (Å²) >= 11 is 0. The molecule has 0 unspecified atom stereocenters. The Labute approximate surface area is 35.9 Å². The van der Waals surface area contributed by atoms with Crippen molar-refractivity contribution in [2.45, 2.75) is 0 Å². The van der Waals surface area contributed by atoms with Crippen LogP contribution < -0.4 is 6.15 Å². The van der Waals surface area contributed by atoms with E-state index in [0.717, 1.165) is 6.08 Å². The van der Waals surface area contributed by atoms with Crippen molar-refractivity contribution in [3.8, 4) is 0 Å². The van der Waals surface area contributed by atoms with Gasteiger partial charge in [0.15, 0.2) is 0 Å². The second-order valence-corrected chi connectivity index (χ2v) is 0.542. The molecule has 1 N–H and O–H groups in total. The van der Waals surface area contributed by atoms with Gasteiger partial charge in [-0.25, -0.2) is 4.79 Å². The van der Waals surface area contributed by atoms with E-state index in [4.69, 9.17) is 5.11 Å². The lowest BCUT2D eigenvalue weighted by Gasteiger charge is -1.64. The maximum absolute atomic E-state index is 9.25. The number of hydrogen-bond donors (Lipinski definition) is 1. The number of carboxylic acid groups (broad SMARTS) is 1. The molecule has 0 aromatic heterocycles. The van der Waals surface area contributed by atoms with Crippen molar-refractivity contribution in [2.24, 2.45) is 0 Å². The smallest absolute Gasteiger partial charge is 0.327 e. The zero-order valence-corrected chi connectivity index (χ0v) is 3.09. The summed E-state index contributed by atoms with van der Waals surface area (Å²) in [5.74, 6) is -0.981. The molecule has 0 aliphatic rings. The first kappa shape index (κ1) is 8.95. The molecule has 0 saturated heterocycles. The van der Waals surface area contributed by atoms with Crippen LogP contribution in [-0.2, 0) is 4.79 Å². The van der Waals surface area contributed by atoms with Crippen LogP contribution in [0.25, 0.3) is 0 Å². The number of carboxylic acids is 1. The van der Waals surface area contributed by atoms with Crippen LogP contribution in [0.5, 0.6) is 0 Å². The normalized spacial score (nSPS) is 5.33. The second kappa shape index (κ2) is 4.17. The van der Waals surface area contributed by atoms with Gasteiger partial charge in [0.25, 0.3) is 0 Å². The van der Waals surface area contributed by atoms with Gasteiger partial charge in [0.1, 0.15) is 0 Å². The van der Waals surface area contributed by atoms with Gasteiger partial charge in [0.05, 0.1) is 0 Å². The van der Waals surface area contributed by atoms with E-state index in [1.54, 1.807) is 0 Å². The van der Waals surface area contributed by atoms with Crippen molar-refractivity contribution in [3.63, 3.8) is 0 Å². The Kier molecular flexibility index (Phi) is 6.22. The average molecular weight is 86.1 g/mol. The van der Waals surface area contributed by atoms with E-state index < -0.39 is 5.97 Å². The van der Waals surface area contributed by atoms with Crippen LogP contribution in [0, 0.1) is 0 Å². The molecule has 3 radical (unpaired) electrons. The molecule has 0 saturated carbocycles. The molecule has 3 nitrogen and oxygen atoms in total. The molecule has 6 heavy (non-hydrogen) atoms. The molecular formula is C3H4NO2. The lowest BCUT2D eigenvalue weighted by Crippen LogP contribution is -1.82. The molecule has 0 amide bonds. The molecule has 0 aliphatic heterocycles. The first-order valence-corrected chi connectivity index (χ1v) is 1.12. The van der Waals surface area contributed by atoms with Gasteiger partial charge >= 0.3 is 5.97 Å². The Morgan fingerprint density at radius 2 is 2.00 bits per heavy atom. The third-order valence-corrected chi connectivity index (χ3v) is 0.175. The Morgan fingerprint density at radius 3 is 2.00 bits per heavy atom. The summed E-state index contributed by atoms with van der Waals surface area (Å²) in [6.45, 7) is 2.96. The SMILES string of the molecule is C=CC(=O)O.[N]. The van der Waals surface area contributed by atoms with E-state index in [9.17, 15) is 4.79 Å². The Bertz CT molecular complexity index is 59.8. The van der Waals surface area contributed by atoms with E-state index in [1.807, 2.05) is 0 Å². The van der Waals surface area contributed by atoms with Crippen molar-refractivity contribution >= 4 is 5.97 Å². The van der Waals surface area contributed by atoms with Gasteiger partial charge in [-0.3, -0.25) is 0 Å². The summed E-state index contributed by atoms with van der Waals surface area (Å²) in [6, 6.07) is 0. The van der Waals surface area contributed by atoms with Gasteiger partial charge in [-0.05, 0) is 0 Å². The van der Waals surface area contributed by atoms with Gasteiger partial charge in [-0.15, -0.1) is 0 Å². The first-order chi connectivity index (χ1) is 2.27. The Hall–Kier alpha value is -0.830. The summed E-state index contributed by atoms with van der Waals surface area (Å²) in [5.41, 5.74) is 0. The minimum Gasteiger partial charge on any atom is -0.478 e. The summed E-state index contributed by atoms with van der Waals surface area (Å²) in [5, 5.41) is 7.60. The minimum atomic E-state index is -0.981. The number of hydrogen-bond acceptors (Lipinski definition) is 1. The number of aliphatic carboxylic acids is 1. The van der Waals surface area contributed by atoms with Crippen LogP contribution in [0.15, 0.2) is 12.7 Å². The number of rotatable bonds is 1. The van der Waals surface area contributed by atoms with Crippen LogP contribution in [0.1, 0.15) is 0 Å². The molecule has 0 rings (SSSR count). The average Bonchev–Trinajstić information content (AvgIpc) is 1.38. The van der Waals surface area contributed by atoms with Gasteiger partial charge in [-0.2, -0.15) is 0 Å². The van der Waals surface area contributed by atoms with E-state index in [2.05, 4.69) is 6.58 Å². The van der Waals surface area contributed by atoms with Crippen LogP contribution in [0.3, 0.4) is 0 Å². The van der Waals surface area contributed by atoms with E-state index in [1.165, 1.54) is 0 Å². The third-order valence-electron chi connectivity index (χ3n) is 0.175. The zero-order valence-electron chi connectivity index (χ0n) is 3.09. The number of carbonyl (C=O) groups is 1. The minimum absolute atomic E-state index is 0. The Balaban J connectivity index is 0. The fourth-order valence-electron chi connectivity index (χ4n) is 0. The molecule has 0 bridgehead atoms. The largest absolute Gasteiger partial charge is 0.478 e. The highest BCUT2D eigenvalue weighted by atomic mass is 16.4. The molecule has 0 fully saturated rings. The molecule has 0 aromatic rings. The molecule has 33 valence electrons. The highest BCUT2D eigenvalue weighted by Crippen LogP contribution is 1.54. The highest BCUT2D eigenvalue weighted by molar-refractivity contribution is 5.78. The second-order valence-electron chi connectivity index (χ2n) is 0.542. The van der Waals surface area contributed by atoms with Gasteiger partial charge in [-0.1, -0.05) is 6.58 Å². The number of nitrogens with zero attached hydrogens (tertiary/aromatic N) is 1. The van der Waals surface area contributed by atoms with Crippen molar-refractivity contribution in [1.82, 2.24) is 6.15 Å². The summed E-state index contributed by atoms with van der Waals surface area (Å²) in [4.78, 5) is 9.25. The van der Waals surface area contributed by atoms with Crippen molar-refractivity contribution < 1.29 is 9.90 Å². The topological polar surface area (TPSA) is 67.8 Å². The van der Waals surface area contributed by atoms with E-state index in [0.29, 0.717) is 0 Å². The maximum Gasteiger partial charge on any atom is 0.327 e. The van der Waals surface area contributed by atoms with Crippen molar-refractivity contribution in [1.29, 1.82) is 0 Å². The van der Waals surface area contributed by atoms with Crippen molar-refractivity contribution in [3.05, 3.63) is 12.7 Å². The maximum atomic E-state index is 9.25.